The molecule has 104 valence electrons. The molecule has 1 fully saturated rings. The molecule has 19 heavy (non-hydrogen) atoms. The Labute approximate surface area is 113 Å². The first-order valence-electron chi connectivity index (χ1n) is 6.88. The number of rotatable bonds is 4. The van der Waals surface area contributed by atoms with E-state index >= 15 is 0 Å². The van der Waals surface area contributed by atoms with Gasteiger partial charge in [-0.15, -0.1) is 0 Å². The highest BCUT2D eigenvalue weighted by Crippen LogP contribution is 2.08. The summed E-state index contributed by atoms with van der Waals surface area (Å²) in [4.78, 5) is 30.5. The molecule has 0 atom stereocenters. The van der Waals surface area contributed by atoms with Crippen LogP contribution in [0, 0.1) is 0 Å². The zero-order chi connectivity index (χ0) is 13.7. The Morgan fingerprint density at radius 3 is 2.32 bits per heavy atom. The van der Waals surface area contributed by atoms with Gasteiger partial charge in [-0.1, -0.05) is 6.92 Å². The summed E-state index contributed by atoms with van der Waals surface area (Å²) < 4.78 is 0. The van der Waals surface area contributed by atoms with Crippen molar-refractivity contribution in [1.29, 1.82) is 0 Å². The topological polar surface area (TPSA) is 56.4 Å². The van der Waals surface area contributed by atoms with Crippen LogP contribution in [0.2, 0.25) is 0 Å². The van der Waals surface area contributed by atoms with Crippen LogP contribution in [0.3, 0.4) is 0 Å². The van der Waals surface area contributed by atoms with E-state index in [1.807, 2.05) is 35.2 Å². The molecule has 0 radical (unpaired) electrons. The van der Waals surface area contributed by atoms with Gasteiger partial charge in [0.1, 0.15) is 0 Å². The Morgan fingerprint density at radius 1 is 1.16 bits per heavy atom. The Balaban J connectivity index is 1.79. The second kappa shape index (κ2) is 6.41. The molecule has 2 heterocycles. The molecule has 5 heteroatoms. The number of aromatic nitrogens is 1. The van der Waals surface area contributed by atoms with Crippen LogP contribution >= 0.6 is 0 Å². The van der Waals surface area contributed by atoms with Gasteiger partial charge in [-0.3, -0.25) is 9.59 Å². The summed E-state index contributed by atoms with van der Waals surface area (Å²) in [5.74, 6) is 0.349. The van der Waals surface area contributed by atoms with Gasteiger partial charge < -0.3 is 14.8 Å². The monoisotopic (exact) mass is 263 g/mol. The van der Waals surface area contributed by atoms with Gasteiger partial charge in [-0.25, -0.2) is 0 Å². The van der Waals surface area contributed by atoms with Crippen molar-refractivity contribution >= 4 is 11.8 Å². The molecule has 2 amide bonds. The molecule has 0 spiro atoms. The number of H-pyrrole nitrogens is 1. The standard InChI is InChI=1S/C14H21N3O2/c1-2-3-13(18)16-6-8-17(9-7-16)14(19)10-12-4-5-15-11-12/h4-5,11,15H,2-3,6-10H2,1H3. The second-order valence-electron chi connectivity index (χ2n) is 4.91. The molecule has 0 saturated carbocycles. The summed E-state index contributed by atoms with van der Waals surface area (Å²) >= 11 is 0. The van der Waals surface area contributed by atoms with Crippen molar-refractivity contribution in [2.24, 2.45) is 0 Å². The van der Waals surface area contributed by atoms with Crippen LogP contribution in [-0.2, 0) is 16.0 Å². The van der Waals surface area contributed by atoms with Gasteiger partial charge >= 0.3 is 0 Å². The van der Waals surface area contributed by atoms with Crippen molar-refractivity contribution in [3.63, 3.8) is 0 Å². The van der Waals surface area contributed by atoms with Gasteiger partial charge in [0.2, 0.25) is 11.8 Å². The molecular formula is C14H21N3O2. The minimum Gasteiger partial charge on any atom is -0.367 e. The summed E-state index contributed by atoms with van der Waals surface area (Å²) in [6, 6.07) is 1.92. The molecule has 1 aromatic heterocycles. The summed E-state index contributed by atoms with van der Waals surface area (Å²) in [6.07, 6.45) is 5.60. The van der Waals surface area contributed by atoms with Gasteiger partial charge in [0.25, 0.3) is 0 Å². The van der Waals surface area contributed by atoms with E-state index in [0.29, 0.717) is 39.0 Å². The predicted molar refractivity (Wildman–Crippen MR) is 72.6 cm³/mol. The van der Waals surface area contributed by atoms with Crippen LogP contribution < -0.4 is 0 Å². The third-order valence-electron chi connectivity index (χ3n) is 3.47. The molecule has 0 aliphatic carbocycles. The first kappa shape index (κ1) is 13.6. The maximum absolute atomic E-state index is 12.1. The average Bonchev–Trinajstić information content (AvgIpc) is 2.92. The Hall–Kier alpha value is -1.78. The third kappa shape index (κ3) is 3.59. The third-order valence-corrected chi connectivity index (χ3v) is 3.47. The fourth-order valence-electron chi connectivity index (χ4n) is 2.33. The van der Waals surface area contributed by atoms with E-state index in [2.05, 4.69) is 4.98 Å². The average molecular weight is 263 g/mol. The number of amides is 2. The number of carbonyl (C=O) groups excluding carboxylic acids is 2. The zero-order valence-corrected chi connectivity index (χ0v) is 11.4. The number of nitrogens with zero attached hydrogens (tertiary/aromatic N) is 2. The first-order chi connectivity index (χ1) is 9.20. The van der Waals surface area contributed by atoms with Crippen molar-refractivity contribution in [1.82, 2.24) is 14.8 Å². The van der Waals surface area contributed by atoms with Crippen molar-refractivity contribution in [3.8, 4) is 0 Å². The number of nitrogens with one attached hydrogen (secondary N) is 1. The molecule has 1 N–H and O–H groups in total. The molecule has 1 aliphatic rings. The highest BCUT2D eigenvalue weighted by Gasteiger charge is 2.23. The highest BCUT2D eigenvalue weighted by atomic mass is 16.2. The fraction of sp³-hybridized carbons (Fsp3) is 0.571. The summed E-state index contributed by atoms with van der Waals surface area (Å²) in [5.41, 5.74) is 1.01. The maximum atomic E-state index is 12.1. The van der Waals surface area contributed by atoms with E-state index in [9.17, 15) is 9.59 Å². The second-order valence-corrected chi connectivity index (χ2v) is 4.91. The molecule has 1 aromatic rings. The van der Waals surface area contributed by atoms with E-state index in [1.54, 1.807) is 0 Å². The normalized spacial score (nSPS) is 15.6. The molecule has 2 rings (SSSR count). The van der Waals surface area contributed by atoms with E-state index in [1.165, 1.54) is 0 Å². The zero-order valence-electron chi connectivity index (χ0n) is 11.4. The van der Waals surface area contributed by atoms with Crippen LogP contribution in [-0.4, -0.2) is 52.8 Å². The van der Waals surface area contributed by atoms with Crippen LogP contribution in [0.1, 0.15) is 25.3 Å². The minimum absolute atomic E-state index is 0.141. The maximum Gasteiger partial charge on any atom is 0.227 e. The lowest BCUT2D eigenvalue weighted by atomic mass is 10.2. The van der Waals surface area contributed by atoms with Gasteiger partial charge in [0.05, 0.1) is 6.42 Å². The Bertz CT molecular complexity index is 420. The molecule has 0 aromatic carbocycles. The molecule has 0 bridgehead atoms. The lowest BCUT2D eigenvalue weighted by molar-refractivity contribution is -0.139. The Morgan fingerprint density at radius 2 is 1.79 bits per heavy atom. The van der Waals surface area contributed by atoms with Crippen molar-refractivity contribution in [2.75, 3.05) is 26.2 Å². The lowest BCUT2D eigenvalue weighted by Crippen LogP contribution is -2.50. The fourth-order valence-corrected chi connectivity index (χ4v) is 2.33. The van der Waals surface area contributed by atoms with E-state index in [0.717, 1.165) is 12.0 Å². The van der Waals surface area contributed by atoms with E-state index < -0.39 is 0 Å². The van der Waals surface area contributed by atoms with Gasteiger partial charge in [-0.05, 0) is 18.1 Å². The molecule has 5 nitrogen and oxygen atoms in total. The Kier molecular flexibility index (Phi) is 4.60. The van der Waals surface area contributed by atoms with Crippen molar-refractivity contribution in [3.05, 3.63) is 24.0 Å². The van der Waals surface area contributed by atoms with Gasteiger partial charge in [0.15, 0.2) is 0 Å². The molecule has 0 unspecified atom stereocenters. The lowest BCUT2D eigenvalue weighted by Gasteiger charge is -2.34. The van der Waals surface area contributed by atoms with Crippen LogP contribution in [0.15, 0.2) is 18.5 Å². The van der Waals surface area contributed by atoms with Crippen LogP contribution in [0.5, 0.6) is 0 Å². The van der Waals surface area contributed by atoms with Crippen molar-refractivity contribution in [2.45, 2.75) is 26.2 Å². The number of hydrogen-bond donors (Lipinski definition) is 1. The smallest absolute Gasteiger partial charge is 0.227 e. The largest absolute Gasteiger partial charge is 0.367 e. The number of piperazine rings is 1. The first-order valence-corrected chi connectivity index (χ1v) is 6.88. The number of aromatic amines is 1. The quantitative estimate of drug-likeness (QED) is 0.882. The molecular weight excluding hydrogens is 242 g/mol. The predicted octanol–water partition coefficient (Wildman–Crippen LogP) is 1.03. The minimum atomic E-state index is 0.141. The van der Waals surface area contributed by atoms with E-state index in [4.69, 9.17) is 0 Å². The number of hydrogen-bond acceptors (Lipinski definition) is 2. The summed E-state index contributed by atoms with van der Waals surface area (Å²) in [6.45, 7) is 4.64. The summed E-state index contributed by atoms with van der Waals surface area (Å²) in [7, 11) is 0. The highest BCUT2D eigenvalue weighted by molar-refractivity contribution is 5.80. The van der Waals surface area contributed by atoms with Crippen LogP contribution in [0.4, 0.5) is 0 Å². The number of carbonyl (C=O) groups is 2. The van der Waals surface area contributed by atoms with Crippen LogP contribution in [0.25, 0.3) is 0 Å². The van der Waals surface area contributed by atoms with Crippen molar-refractivity contribution < 1.29 is 9.59 Å². The molecule has 1 aliphatic heterocycles. The SMILES string of the molecule is CCCC(=O)N1CCN(C(=O)Cc2cc[nH]c2)CC1. The van der Waals surface area contributed by atoms with Gasteiger partial charge in [0, 0.05) is 45.0 Å². The summed E-state index contributed by atoms with van der Waals surface area (Å²) in [5, 5.41) is 0. The van der Waals surface area contributed by atoms with E-state index in [-0.39, 0.29) is 11.8 Å². The van der Waals surface area contributed by atoms with Gasteiger partial charge in [-0.2, -0.15) is 0 Å². The molecule has 1 saturated heterocycles.